The van der Waals surface area contributed by atoms with Gasteiger partial charge in [-0.05, 0) is 55.7 Å². The molecule has 1 fully saturated rings. The largest absolute Gasteiger partial charge is 0.352 e. The molecule has 0 spiro atoms. The molecule has 2 aliphatic heterocycles. The minimum absolute atomic E-state index is 0.130. The number of halogens is 1. The third kappa shape index (κ3) is 4.82. The first-order valence-corrected chi connectivity index (χ1v) is 12.7. The van der Waals surface area contributed by atoms with Crippen LogP contribution in [0.4, 0.5) is 10.1 Å². The van der Waals surface area contributed by atoms with Gasteiger partial charge in [0.2, 0.25) is 21.8 Å². The molecule has 2 amide bonds. The molecule has 0 bridgehead atoms. The van der Waals surface area contributed by atoms with E-state index in [4.69, 9.17) is 0 Å². The molecule has 32 heavy (non-hydrogen) atoms. The molecule has 2 aliphatic rings. The number of carbonyl (C=O) groups is 2. The number of piperidine rings is 1. The van der Waals surface area contributed by atoms with E-state index in [-0.39, 0.29) is 46.8 Å². The summed E-state index contributed by atoms with van der Waals surface area (Å²) in [7, 11) is -3.73. The Morgan fingerprint density at radius 1 is 1.19 bits per heavy atom. The van der Waals surface area contributed by atoms with Crippen LogP contribution in [0.15, 0.2) is 52.3 Å². The maximum absolute atomic E-state index is 13.1. The molecule has 2 heterocycles. The highest BCUT2D eigenvalue weighted by molar-refractivity contribution is 8.01. The molecule has 4 rings (SSSR count). The first-order chi connectivity index (χ1) is 15.2. The number of amides is 2. The average Bonchev–Trinajstić information content (AvgIpc) is 2.79. The highest BCUT2D eigenvalue weighted by Crippen LogP contribution is 2.37. The van der Waals surface area contributed by atoms with Gasteiger partial charge in [-0.2, -0.15) is 4.31 Å². The molecule has 1 saturated heterocycles. The van der Waals surface area contributed by atoms with Crippen LogP contribution in [0.2, 0.25) is 0 Å². The molecule has 0 radical (unpaired) electrons. The van der Waals surface area contributed by atoms with Crippen LogP contribution < -0.4 is 10.6 Å². The Kier molecular flexibility index (Phi) is 6.55. The normalized spacial score (nSPS) is 19.8. The minimum Gasteiger partial charge on any atom is -0.352 e. The molecule has 170 valence electrons. The van der Waals surface area contributed by atoms with Gasteiger partial charge in [-0.25, -0.2) is 12.8 Å². The molecule has 2 aromatic rings. The Balaban J connectivity index is 1.36. The molecule has 0 aromatic heterocycles. The molecule has 10 heteroatoms. The van der Waals surface area contributed by atoms with Crippen molar-refractivity contribution in [2.75, 3.05) is 18.4 Å². The summed E-state index contributed by atoms with van der Waals surface area (Å²) in [4.78, 5) is 25.4. The van der Waals surface area contributed by atoms with Gasteiger partial charge >= 0.3 is 0 Å². The van der Waals surface area contributed by atoms with E-state index in [0.29, 0.717) is 25.1 Å². The number of carbonyl (C=O) groups excluding carboxylic acids is 2. The van der Waals surface area contributed by atoms with Crippen molar-refractivity contribution in [1.29, 1.82) is 0 Å². The number of nitrogens with zero attached hydrogens (tertiary/aromatic N) is 1. The fourth-order valence-electron chi connectivity index (χ4n) is 3.79. The molecule has 7 nitrogen and oxygen atoms in total. The summed E-state index contributed by atoms with van der Waals surface area (Å²) in [6.45, 7) is 2.58. The Bertz CT molecular complexity index is 1130. The summed E-state index contributed by atoms with van der Waals surface area (Å²) in [5, 5.41) is 5.38. The van der Waals surface area contributed by atoms with Gasteiger partial charge in [0.05, 0.1) is 15.8 Å². The number of hydrogen-bond donors (Lipinski definition) is 2. The van der Waals surface area contributed by atoms with Crippen molar-refractivity contribution >= 4 is 39.3 Å². The molecular weight excluding hydrogens is 453 g/mol. The van der Waals surface area contributed by atoms with Crippen molar-refractivity contribution in [1.82, 2.24) is 9.62 Å². The van der Waals surface area contributed by atoms with Gasteiger partial charge in [0.1, 0.15) is 5.82 Å². The van der Waals surface area contributed by atoms with Crippen molar-refractivity contribution in [3.8, 4) is 0 Å². The van der Waals surface area contributed by atoms with Crippen molar-refractivity contribution in [3.05, 3.63) is 53.8 Å². The van der Waals surface area contributed by atoms with Crippen LogP contribution in [0.3, 0.4) is 0 Å². The number of thioether (sulfide) groups is 1. The van der Waals surface area contributed by atoms with Crippen LogP contribution in [0, 0.1) is 11.7 Å². The van der Waals surface area contributed by atoms with E-state index in [9.17, 15) is 22.4 Å². The zero-order valence-corrected chi connectivity index (χ0v) is 19.1. The van der Waals surface area contributed by atoms with Crippen LogP contribution in [-0.4, -0.2) is 42.9 Å². The van der Waals surface area contributed by atoms with E-state index in [1.165, 1.54) is 34.3 Å². The van der Waals surface area contributed by atoms with E-state index in [2.05, 4.69) is 10.6 Å². The monoisotopic (exact) mass is 477 g/mol. The molecule has 2 N–H and O–H groups in total. The number of nitrogens with one attached hydrogen (secondary N) is 2. The van der Waals surface area contributed by atoms with Gasteiger partial charge in [0, 0.05) is 30.4 Å². The quantitative estimate of drug-likeness (QED) is 0.690. The number of anilines is 1. The number of rotatable bonds is 5. The van der Waals surface area contributed by atoms with E-state index < -0.39 is 10.0 Å². The lowest BCUT2D eigenvalue weighted by Crippen LogP contribution is -2.42. The lowest BCUT2D eigenvalue weighted by Gasteiger charge is -2.31. The highest BCUT2D eigenvalue weighted by atomic mass is 32.2. The SMILES string of the molecule is CC1Sc2ccc(S(=O)(=O)N3CCC(C(=O)NCc4ccc(F)cc4)CC3)cc2NC1=O. The predicted molar refractivity (Wildman–Crippen MR) is 120 cm³/mol. The summed E-state index contributed by atoms with van der Waals surface area (Å²) in [5.74, 6) is -0.885. The molecule has 2 aromatic carbocycles. The zero-order chi connectivity index (χ0) is 22.9. The second kappa shape index (κ2) is 9.21. The topological polar surface area (TPSA) is 95.6 Å². The smallest absolute Gasteiger partial charge is 0.243 e. The van der Waals surface area contributed by atoms with Crippen molar-refractivity contribution in [2.45, 2.75) is 41.4 Å². The fourth-order valence-corrected chi connectivity index (χ4v) is 6.22. The van der Waals surface area contributed by atoms with Crippen molar-refractivity contribution in [2.24, 2.45) is 5.92 Å². The first kappa shape index (κ1) is 22.8. The molecule has 1 atom stereocenters. The third-order valence-corrected chi connectivity index (χ3v) is 8.80. The number of sulfonamides is 1. The average molecular weight is 478 g/mol. The van der Waals surface area contributed by atoms with Gasteiger partial charge in [0.15, 0.2) is 0 Å². The van der Waals surface area contributed by atoms with E-state index >= 15 is 0 Å². The first-order valence-electron chi connectivity index (χ1n) is 10.4. The van der Waals surface area contributed by atoms with Gasteiger partial charge in [0.25, 0.3) is 0 Å². The highest BCUT2D eigenvalue weighted by Gasteiger charge is 2.33. The Labute approximate surface area is 190 Å². The summed E-state index contributed by atoms with van der Waals surface area (Å²) >= 11 is 1.40. The summed E-state index contributed by atoms with van der Waals surface area (Å²) < 4.78 is 40.6. The van der Waals surface area contributed by atoms with Gasteiger partial charge in [-0.3, -0.25) is 9.59 Å². The lowest BCUT2D eigenvalue weighted by molar-refractivity contribution is -0.126. The van der Waals surface area contributed by atoms with Crippen LogP contribution in [0.5, 0.6) is 0 Å². The number of fused-ring (bicyclic) bond motifs is 1. The molecule has 0 aliphatic carbocycles. The molecule has 1 unspecified atom stereocenters. The van der Waals surface area contributed by atoms with Gasteiger partial charge < -0.3 is 10.6 Å². The van der Waals surface area contributed by atoms with E-state index in [1.54, 1.807) is 31.2 Å². The third-order valence-electron chi connectivity index (χ3n) is 5.72. The van der Waals surface area contributed by atoms with Gasteiger partial charge in [-0.15, -0.1) is 11.8 Å². The van der Waals surface area contributed by atoms with Crippen LogP contribution in [0.1, 0.15) is 25.3 Å². The van der Waals surface area contributed by atoms with Crippen LogP contribution in [0.25, 0.3) is 0 Å². The van der Waals surface area contributed by atoms with Gasteiger partial charge in [-0.1, -0.05) is 12.1 Å². The maximum Gasteiger partial charge on any atom is 0.243 e. The van der Waals surface area contributed by atoms with Crippen molar-refractivity contribution < 1.29 is 22.4 Å². The summed E-state index contributed by atoms with van der Waals surface area (Å²) in [5.41, 5.74) is 1.31. The maximum atomic E-state index is 13.1. The molecule has 0 saturated carbocycles. The Hall–Kier alpha value is -2.43. The van der Waals surface area contributed by atoms with E-state index in [1.807, 2.05) is 0 Å². The van der Waals surface area contributed by atoms with Crippen molar-refractivity contribution in [3.63, 3.8) is 0 Å². The second-order valence-corrected chi connectivity index (χ2v) is 11.3. The predicted octanol–water partition coefficient (Wildman–Crippen LogP) is 2.98. The van der Waals surface area contributed by atoms with Crippen LogP contribution in [-0.2, 0) is 26.2 Å². The lowest BCUT2D eigenvalue weighted by atomic mass is 9.97. The van der Waals surface area contributed by atoms with Crippen LogP contribution >= 0.6 is 11.8 Å². The number of benzene rings is 2. The Morgan fingerprint density at radius 3 is 2.56 bits per heavy atom. The van der Waals surface area contributed by atoms with E-state index in [0.717, 1.165) is 10.5 Å². The minimum atomic E-state index is -3.73. The second-order valence-electron chi connectivity index (χ2n) is 7.93. The fraction of sp³-hybridized carbons (Fsp3) is 0.364. The molecular formula is C22H24FN3O4S2. The summed E-state index contributed by atoms with van der Waals surface area (Å²) in [6.07, 6.45) is 0.840. The standard InChI is InChI=1S/C22H24FN3O4S2/c1-14-21(27)25-19-12-18(6-7-20(19)31-14)32(29,30)26-10-8-16(9-11-26)22(28)24-13-15-2-4-17(23)5-3-15/h2-7,12,14,16H,8-11,13H2,1H3,(H,24,28)(H,25,27). The summed E-state index contributed by atoms with van der Waals surface area (Å²) in [6, 6.07) is 10.7. The zero-order valence-electron chi connectivity index (χ0n) is 17.5. The Morgan fingerprint density at radius 2 is 1.88 bits per heavy atom. The number of hydrogen-bond acceptors (Lipinski definition) is 5.